The molecule has 2 rings (SSSR count). The molecule has 0 saturated heterocycles. The van der Waals surface area contributed by atoms with Crippen LogP contribution in [0.2, 0.25) is 5.02 Å². The summed E-state index contributed by atoms with van der Waals surface area (Å²) in [5.74, 6) is -0.189. The van der Waals surface area contributed by atoms with Gasteiger partial charge in [0.1, 0.15) is 5.69 Å². The fraction of sp³-hybridized carbons (Fsp3) is 0.294. The molecule has 2 N–H and O–H groups in total. The number of hydrogen-bond donors (Lipinski definition) is 2. The van der Waals surface area contributed by atoms with Gasteiger partial charge >= 0.3 is 0 Å². The Labute approximate surface area is 135 Å². The lowest BCUT2D eigenvalue weighted by Crippen LogP contribution is -2.30. The van der Waals surface area contributed by atoms with E-state index in [-0.39, 0.29) is 11.9 Å². The first kappa shape index (κ1) is 16.3. The first-order valence-electron chi connectivity index (χ1n) is 7.17. The number of benzene rings is 1. The summed E-state index contributed by atoms with van der Waals surface area (Å²) < 4.78 is 0. The molecule has 1 aromatic carbocycles. The van der Waals surface area contributed by atoms with E-state index in [0.29, 0.717) is 10.7 Å². The zero-order chi connectivity index (χ0) is 16.3. The minimum Gasteiger partial charge on any atom is -0.354 e. The van der Waals surface area contributed by atoms with Crippen molar-refractivity contribution in [1.82, 2.24) is 10.3 Å². The Morgan fingerprint density at radius 2 is 1.95 bits per heavy atom. The van der Waals surface area contributed by atoms with Crippen LogP contribution in [0.5, 0.6) is 0 Å². The summed E-state index contributed by atoms with van der Waals surface area (Å²) in [6, 6.07) is 7.56. The van der Waals surface area contributed by atoms with Gasteiger partial charge in [0.15, 0.2) is 0 Å². The third-order valence-corrected chi connectivity index (χ3v) is 3.41. The number of pyridine rings is 1. The van der Waals surface area contributed by atoms with Crippen LogP contribution in [-0.2, 0) is 0 Å². The number of carbonyl (C=O) groups is 1. The Bertz CT molecular complexity index is 675. The van der Waals surface area contributed by atoms with Crippen molar-refractivity contribution >= 4 is 28.9 Å². The third kappa shape index (κ3) is 3.98. The van der Waals surface area contributed by atoms with Crippen molar-refractivity contribution in [3.63, 3.8) is 0 Å². The van der Waals surface area contributed by atoms with Crippen LogP contribution in [-0.4, -0.2) is 16.9 Å². The number of rotatable bonds is 4. The van der Waals surface area contributed by atoms with E-state index >= 15 is 0 Å². The Morgan fingerprint density at radius 3 is 2.59 bits per heavy atom. The van der Waals surface area contributed by atoms with Crippen LogP contribution in [0.15, 0.2) is 30.5 Å². The topological polar surface area (TPSA) is 54.0 Å². The van der Waals surface area contributed by atoms with Gasteiger partial charge in [-0.3, -0.25) is 9.78 Å². The Morgan fingerprint density at radius 1 is 1.23 bits per heavy atom. The summed E-state index contributed by atoms with van der Waals surface area (Å²) in [6.07, 6.45) is 1.61. The monoisotopic (exact) mass is 317 g/mol. The second-order valence-electron chi connectivity index (χ2n) is 5.62. The van der Waals surface area contributed by atoms with Crippen molar-refractivity contribution in [2.45, 2.75) is 33.7 Å². The molecule has 0 bridgehead atoms. The van der Waals surface area contributed by atoms with Crippen LogP contribution in [0.3, 0.4) is 0 Å². The quantitative estimate of drug-likeness (QED) is 0.887. The van der Waals surface area contributed by atoms with Crippen molar-refractivity contribution in [3.8, 4) is 0 Å². The number of hydrogen-bond acceptors (Lipinski definition) is 3. The van der Waals surface area contributed by atoms with Crippen molar-refractivity contribution < 1.29 is 4.79 Å². The smallest absolute Gasteiger partial charge is 0.270 e. The van der Waals surface area contributed by atoms with Crippen molar-refractivity contribution in [2.75, 3.05) is 5.32 Å². The zero-order valence-electron chi connectivity index (χ0n) is 13.2. The van der Waals surface area contributed by atoms with Gasteiger partial charge < -0.3 is 10.6 Å². The molecule has 22 heavy (non-hydrogen) atoms. The standard InChI is InChI=1S/C17H20ClN3O/c1-10(2)20-17(22)15-9-13(5-6-19-15)21-16-12(4)7-11(3)8-14(16)18/h5-10H,1-4H3,(H,19,21)(H,20,22). The molecule has 116 valence electrons. The van der Waals surface area contributed by atoms with E-state index in [9.17, 15) is 4.79 Å². The van der Waals surface area contributed by atoms with E-state index in [4.69, 9.17) is 11.6 Å². The van der Waals surface area contributed by atoms with Crippen LogP contribution < -0.4 is 10.6 Å². The maximum atomic E-state index is 12.0. The summed E-state index contributed by atoms with van der Waals surface area (Å²) in [4.78, 5) is 16.1. The Kier molecular flexibility index (Phi) is 5.03. The average molecular weight is 318 g/mol. The second-order valence-corrected chi connectivity index (χ2v) is 6.03. The van der Waals surface area contributed by atoms with Crippen LogP contribution in [0.25, 0.3) is 0 Å². The van der Waals surface area contributed by atoms with Gasteiger partial charge in [-0.1, -0.05) is 17.7 Å². The lowest BCUT2D eigenvalue weighted by Gasteiger charge is -2.13. The second kappa shape index (κ2) is 6.79. The minimum absolute atomic E-state index is 0.0692. The Balaban J connectivity index is 2.26. The molecular weight excluding hydrogens is 298 g/mol. The first-order valence-corrected chi connectivity index (χ1v) is 7.55. The van der Waals surface area contributed by atoms with Gasteiger partial charge in [0.2, 0.25) is 0 Å². The fourth-order valence-corrected chi connectivity index (χ4v) is 2.56. The summed E-state index contributed by atoms with van der Waals surface area (Å²) in [5, 5.41) is 6.74. The molecule has 1 heterocycles. The SMILES string of the molecule is Cc1cc(C)c(Nc2ccnc(C(=O)NC(C)C)c2)c(Cl)c1. The van der Waals surface area contributed by atoms with Gasteiger partial charge in [-0.25, -0.2) is 0 Å². The number of nitrogens with one attached hydrogen (secondary N) is 2. The highest BCUT2D eigenvalue weighted by atomic mass is 35.5. The lowest BCUT2D eigenvalue weighted by molar-refractivity contribution is 0.0938. The molecule has 0 aliphatic heterocycles. The highest BCUT2D eigenvalue weighted by Gasteiger charge is 2.11. The molecule has 2 aromatic rings. The zero-order valence-corrected chi connectivity index (χ0v) is 14.0. The highest BCUT2D eigenvalue weighted by Crippen LogP contribution is 2.30. The molecule has 5 heteroatoms. The first-order chi connectivity index (χ1) is 10.4. The summed E-state index contributed by atoms with van der Waals surface area (Å²) in [6.45, 7) is 7.82. The molecule has 0 atom stereocenters. The molecule has 0 saturated carbocycles. The van der Waals surface area contributed by atoms with Crippen LogP contribution >= 0.6 is 11.6 Å². The number of nitrogens with zero attached hydrogens (tertiary/aromatic N) is 1. The molecule has 0 aliphatic rings. The van der Waals surface area contributed by atoms with Crippen LogP contribution in [0.4, 0.5) is 11.4 Å². The minimum atomic E-state index is -0.189. The largest absolute Gasteiger partial charge is 0.354 e. The molecule has 0 radical (unpaired) electrons. The van der Waals surface area contributed by atoms with E-state index in [1.54, 1.807) is 12.3 Å². The van der Waals surface area contributed by atoms with E-state index in [0.717, 1.165) is 22.5 Å². The van der Waals surface area contributed by atoms with E-state index in [2.05, 4.69) is 21.7 Å². The Hall–Kier alpha value is -2.07. The molecular formula is C17H20ClN3O. The molecule has 0 spiro atoms. The number of carbonyl (C=O) groups excluding carboxylic acids is 1. The molecule has 0 fully saturated rings. The molecule has 1 amide bonds. The molecule has 1 aromatic heterocycles. The van der Waals surface area contributed by atoms with Gasteiger partial charge in [0, 0.05) is 17.9 Å². The maximum absolute atomic E-state index is 12.0. The third-order valence-electron chi connectivity index (χ3n) is 3.11. The van der Waals surface area contributed by atoms with Crippen molar-refractivity contribution in [2.24, 2.45) is 0 Å². The normalized spacial score (nSPS) is 10.6. The van der Waals surface area contributed by atoms with Gasteiger partial charge in [-0.15, -0.1) is 0 Å². The van der Waals surface area contributed by atoms with Crippen molar-refractivity contribution in [3.05, 3.63) is 52.3 Å². The van der Waals surface area contributed by atoms with Gasteiger partial charge in [-0.05, 0) is 57.0 Å². The number of aryl methyl sites for hydroxylation is 2. The number of anilines is 2. The van der Waals surface area contributed by atoms with Gasteiger partial charge in [0.25, 0.3) is 5.91 Å². The average Bonchev–Trinajstić information content (AvgIpc) is 2.42. The predicted octanol–water partition coefficient (Wildman–Crippen LogP) is 4.23. The highest BCUT2D eigenvalue weighted by molar-refractivity contribution is 6.33. The van der Waals surface area contributed by atoms with Gasteiger partial charge in [0.05, 0.1) is 10.7 Å². The number of aromatic nitrogens is 1. The van der Waals surface area contributed by atoms with E-state index in [1.165, 1.54) is 0 Å². The summed E-state index contributed by atoms with van der Waals surface area (Å²) in [5.41, 5.74) is 4.15. The van der Waals surface area contributed by atoms with Crippen LogP contribution in [0.1, 0.15) is 35.5 Å². The van der Waals surface area contributed by atoms with Crippen LogP contribution in [0, 0.1) is 13.8 Å². The fourth-order valence-electron chi connectivity index (χ4n) is 2.19. The summed E-state index contributed by atoms with van der Waals surface area (Å²) >= 11 is 6.30. The summed E-state index contributed by atoms with van der Waals surface area (Å²) in [7, 11) is 0. The molecule has 4 nitrogen and oxygen atoms in total. The predicted molar refractivity (Wildman–Crippen MR) is 91.0 cm³/mol. The maximum Gasteiger partial charge on any atom is 0.270 e. The number of amides is 1. The van der Waals surface area contributed by atoms with Crippen molar-refractivity contribution in [1.29, 1.82) is 0 Å². The number of halogens is 1. The van der Waals surface area contributed by atoms with E-state index in [1.807, 2.05) is 39.8 Å². The van der Waals surface area contributed by atoms with Gasteiger partial charge in [-0.2, -0.15) is 0 Å². The molecule has 0 unspecified atom stereocenters. The molecule has 0 aliphatic carbocycles. The lowest BCUT2D eigenvalue weighted by atomic mass is 10.1. The van der Waals surface area contributed by atoms with E-state index < -0.39 is 0 Å².